The molecule has 4 nitrogen and oxygen atoms in total. The fourth-order valence-electron chi connectivity index (χ4n) is 2.68. The van der Waals surface area contributed by atoms with Crippen molar-refractivity contribution >= 4 is 6.03 Å². The molecule has 1 atom stereocenters. The Morgan fingerprint density at radius 1 is 1.43 bits per heavy atom. The molecule has 1 saturated heterocycles. The summed E-state index contributed by atoms with van der Waals surface area (Å²) in [5.74, 6) is 0.850. The maximum atomic E-state index is 12.2. The lowest BCUT2D eigenvalue weighted by Crippen LogP contribution is -2.47. The minimum Gasteiger partial charge on any atom is -0.491 e. The summed E-state index contributed by atoms with van der Waals surface area (Å²) in [5.41, 5.74) is 1.06. The van der Waals surface area contributed by atoms with Gasteiger partial charge in [-0.1, -0.05) is 12.1 Å². The van der Waals surface area contributed by atoms with Crippen LogP contribution >= 0.6 is 0 Å². The number of carbonyl (C=O) groups is 1. The van der Waals surface area contributed by atoms with E-state index in [1.807, 2.05) is 43.0 Å². The third-order valence-corrected chi connectivity index (χ3v) is 3.78. The number of urea groups is 1. The lowest BCUT2D eigenvalue weighted by molar-refractivity contribution is 0.158. The Bertz CT molecular complexity index is 474. The topological polar surface area (TPSA) is 41.6 Å². The summed E-state index contributed by atoms with van der Waals surface area (Å²) in [6.07, 6.45) is 3.59. The van der Waals surface area contributed by atoms with Gasteiger partial charge in [-0.25, -0.2) is 4.79 Å². The molecule has 4 heteroatoms. The number of nitrogens with zero attached hydrogens (tertiary/aromatic N) is 1. The highest BCUT2D eigenvalue weighted by Gasteiger charge is 2.22. The zero-order valence-electron chi connectivity index (χ0n) is 13.3. The van der Waals surface area contributed by atoms with Gasteiger partial charge in [0.25, 0.3) is 0 Å². The minimum atomic E-state index is 0.0392. The predicted octanol–water partition coefficient (Wildman–Crippen LogP) is 3.56. The van der Waals surface area contributed by atoms with Gasteiger partial charge in [-0.2, -0.15) is 0 Å². The lowest BCUT2D eigenvalue weighted by Gasteiger charge is -2.33. The van der Waals surface area contributed by atoms with Crippen molar-refractivity contribution in [2.75, 3.05) is 6.54 Å². The maximum absolute atomic E-state index is 12.2. The third kappa shape index (κ3) is 4.66. The number of carbonyl (C=O) groups excluding carboxylic acids is 1. The minimum absolute atomic E-state index is 0.0392. The molecule has 1 fully saturated rings. The van der Waals surface area contributed by atoms with Crippen molar-refractivity contribution in [3.63, 3.8) is 0 Å². The molecule has 1 unspecified atom stereocenters. The molecule has 2 rings (SSSR count). The fourth-order valence-corrected chi connectivity index (χ4v) is 2.68. The van der Waals surface area contributed by atoms with Crippen molar-refractivity contribution in [3.05, 3.63) is 29.8 Å². The Hall–Kier alpha value is -1.71. The first-order valence-corrected chi connectivity index (χ1v) is 7.86. The van der Waals surface area contributed by atoms with E-state index in [4.69, 9.17) is 4.74 Å². The van der Waals surface area contributed by atoms with Crippen LogP contribution in [0, 0.1) is 0 Å². The quantitative estimate of drug-likeness (QED) is 0.921. The van der Waals surface area contributed by atoms with Gasteiger partial charge in [-0.3, -0.25) is 0 Å². The van der Waals surface area contributed by atoms with E-state index >= 15 is 0 Å². The van der Waals surface area contributed by atoms with Crippen molar-refractivity contribution in [1.82, 2.24) is 10.2 Å². The number of rotatable bonds is 4. The number of nitrogens with one attached hydrogen (secondary N) is 1. The Balaban J connectivity index is 1.88. The van der Waals surface area contributed by atoms with Gasteiger partial charge in [-0.05, 0) is 57.7 Å². The van der Waals surface area contributed by atoms with Crippen LogP contribution in [-0.2, 0) is 6.54 Å². The number of piperidine rings is 1. The molecule has 0 radical (unpaired) electrons. The van der Waals surface area contributed by atoms with Crippen LogP contribution in [-0.4, -0.2) is 29.6 Å². The summed E-state index contributed by atoms with van der Waals surface area (Å²) in [4.78, 5) is 14.2. The Morgan fingerprint density at radius 3 is 2.95 bits per heavy atom. The van der Waals surface area contributed by atoms with E-state index in [1.165, 1.54) is 6.42 Å². The Kier molecular flexibility index (Phi) is 5.48. The highest BCUT2D eigenvalue weighted by Crippen LogP contribution is 2.17. The van der Waals surface area contributed by atoms with E-state index in [0.29, 0.717) is 12.6 Å². The molecule has 1 aromatic carbocycles. The number of benzene rings is 1. The van der Waals surface area contributed by atoms with Crippen LogP contribution in [0.1, 0.15) is 45.6 Å². The van der Waals surface area contributed by atoms with Crippen LogP contribution in [0.25, 0.3) is 0 Å². The second-order valence-corrected chi connectivity index (χ2v) is 6.01. The highest BCUT2D eigenvalue weighted by atomic mass is 16.5. The number of likely N-dealkylation sites (tertiary alicyclic amines) is 1. The first kappa shape index (κ1) is 15.7. The van der Waals surface area contributed by atoms with Crippen LogP contribution in [0.5, 0.6) is 5.75 Å². The molecule has 0 aliphatic carbocycles. The van der Waals surface area contributed by atoms with Crippen molar-refractivity contribution in [2.45, 2.75) is 58.7 Å². The highest BCUT2D eigenvalue weighted by molar-refractivity contribution is 5.74. The molecule has 1 aliphatic rings. The average molecular weight is 290 g/mol. The van der Waals surface area contributed by atoms with E-state index in [0.717, 1.165) is 30.7 Å². The van der Waals surface area contributed by atoms with Crippen molar-refractivity contribution < 1.29 is 9.53 Å². The van der Waals surface area contributed by atoms with E-state index in [-0.39, 0.29) is 12.1 Å². The number of hydrogen-bond acceptors (Lipinski definition) is 2. The van der Waals surface area contributed by atoms with Crippen LogP contribution in [0.2, 0.25) is 0 Å². The van der Waals surface area contributed by atoms with Crippen molar-refractivity contribution in [3.8, 4) is 5.75 Å². The SMILES string of the molecule is CC(C)Oc1cccc(CNC(=O)N2CCCCC2C)c1. The van der Waals surface area contributed by atoms with Crippen LogP contribution in [0.4, 0.5) is 4.79 Å². The van der Waals surface area contributed by atoms with Gasteiger partial charge in [0.05, 0.1) is 6.10 Å². The maximum Gasteiger partial charge on any atom is 0.317 e. The fraction of sp³-hybridized carbons (Fsp3) is 0.588. The largest absolute Gasteiger partial charge is 0.491 e. The number of amides is 2. The molecule has 0 aromatic heterocycles. The molecule has 0 bridgehead atoms. The van der Waals surface area contributed by atoms with Crippen molar-refractivity contribution in [2.24, 2.45) is 0 Å². The molecule has 1 N–H and O–H groups in total. The first-order chi connectivity index (χ1) is 10.1. The average Bonchev–Trinajstić information content (AvgIpc) is 2.45. The molecule has 0 spiro atoms. The predicted molar refractivity (Wildman–Crippen MR) is 84.5 cm³/mol. The summed E-state index contributed by atoms with van der Waals surface area (Å²) >= 11 is 0. The van der Waals surface area contributed by atoms with E-state index in [1.54, 1.807) is 0 Å². The lowest BCUT2D eigenvalue weighted by atomic mass is 10.0. The van der Waals surface area contributed by atoms with Gasteiger partial charge in [0.2, 0.25) is 0 Å². The van der Waals surface area contributed by atoms with Crippen LogP contribution in [0.3, 0.4) is 0 Å². The molecule has 2 amide bonds. The van der Waals surface area contributed by atoms with E-state index in [9.17, 15) is 4.79 Å². The van der Waals surface area contributed by atoms with Crippen molar-refractivity contribution in [1.29, 1.82) is 0 Å². The molecule has 21 heavy (non-hydrogen) atoms. The molecule has 1 aromatic rings. The number of ether oxygens (including phenoxy) is 1. The number of hydrogen-bond donors (Lipinski definition) is 1. The molecule has 0 saturated carbocycles. The first-order valence-electron chi connectivity index (χ1n) is 7.86. The van der Waals surface area contributed by atoms with E-state index in [2.05, 4.69) is 12.2 Å². The summed E-state index contributed by atoms with van der Waals surface area (Å²) in [6.45, 7) is 7.54. The van der Waals surface area contributed by atoms with Gasteiger partial charge >= 0.3 is 6.03 Å². The molecule has 1 heterocycles. The summed E-state index contributed by atoms with van der Waals surface area (Å²) in [5, 5.41) is 3.01. The van der Waals surface area contributed by atoms with Gasteiger partial charge in [0.15, 0.2) is 0 Å². The molecule has 1 aliphatic heterocycles. The normalized spacial score (nSPS) is 18.7. The summed E-state index contributed by atoms with van der Waals surface area (Å²) in [7, 11) is 0. The Morgan fingerprint density at radius 2 is 2.24 bits per heavy atom. The summed E-state index contributed by atoms with van der Waals surface area (Å²) < 4.78 is 5.67. The Labute approximate surface area is 127 Å². The van der Waals surface area contributed by atoms with Crippen LogP contribution in [0.15, 0.2) is 24.3 Å². The zero-order valence-corrected chi connectivity index (χ0v) is 13.3. The molecular formula is C17H26N2O2. The second-order valence-electron chi connectivity index (χ2n) is 6.01. The molecular weight excluding hydrogens is 264 g/mol. The molecule has 116 valence electrons. The smallest absolute Gasteiger partial charge is 0.317 e. The van der Waals surface area contributed by atoms with Gasteiger partial charge in [-0.15, -0.1) is 0 Å². The monoisotopic (exact) mass is 290 g/mol. The second kappa shape index (κ2) is 7.34. The van der Waals surface area contributed by atoms with Gasteiger partial charge < -0.3 is 15.0 Å². The van der Waals surface area contributed by atoms with E-state index < -0.39 is 0 Å². The standard InChI is InChI=1S/C17H26N2O2/c1-13(2)21-16-9-6-8-15(11-16)12-18-17(20)19-10-5-4-7-14(19)3/h6,8-9,11,13-14H,4-5,7,10,12H2,1-3H3,(H,18,20). The van der Waals surface area contributed by atoms with Gasteiger partial charge in [0, 0.05) is 19.1 Å². The van der Waals surface area contributed by atoms with Crippen LogP contribution < -0.4 is 10.1 Å². The third-order valence-electron chi connectivity index (χ3n) is 3.78. The summed E-state index contributed by atoms with van der Waals surface area (Å²) in [6, 6.07) is 8.28. The van der Waals surface area contributed by atoms with Gasteiger partial charge in [0.1, 0.15) is 5.75 Å². The zero-order chi connectivity index (χ0) is 15.2.